The minimum Gasteiger partial charge on any atom is -0.345 e. The van der Waals surface area contributed by atoms with Gasteiger partial charge in [0, 0.05) is 9.35 Å². The number of hydrogen-bond donors (Lipinski definition) is 1. The highest BCUT2D eigenvalue weighted by molar-refractivity contribution is 9.10. The molecule has 0 aliphatic heterocycles. The number of amides is 1. The molecule has 1 aromatic heterocycles. The van der Waals surface area contributed by atoms with Crippen molar-refractivity contribution in [2.75, 3.05) is 0 Å². The fourth-order valence-corrected chi connectivity index (χ4v) is 4.10. The molecule has 1 aromatic carbocycles. The third-order valence-corrected chi connectivity index (χ3v) is 5.41. The van der Waals surface area contributed by atoms with Crippen LogP contribution in [0, 0.1) is 6.92 Å². The smallest absolute Gasteiger partial charge is 0.252 e. The van der Waals surface area contributed by atoms with Crippen LogP contribution in [-0.2, 0) is 6.42 Å². The van der Waals surface area contributed by atoms with Crippen molar-refractivity contribution in [2.24, 2.45) is 0 Å². The summed E-state index contributed by atoms with van der Waals surface area (Å²) in [6.07, 6.45) is 3.32. The maximum absolute atomic E-state index is 12.5. The summed E-state index contributed by atoms with van der Waals surface area (Å²) in [6, 6.07) is 8.16. The molecule has 3 rings (SSSR count). The summed E-state index contributed by atoms with van der Waals surface area (Å²) < 4.78 is 0.849. The lowest BCUT2D eigenvalue weighted by atomic mass is 9.94. The molecule has 1 N–H and O–H groups in total. The van der Waals surface area contributed by atoms with E-state index in [-0.39, 0.29) is 11.9 Å². The largest absolute Gasteiger partial charge is 0.345 e. The SMILES string of the molecule is Cc1ccc(Br)c(C(=O)NC2CCCc3sccc32)c1. The molecule has 0 bridgehead atoms. The second kappa shape index (κ2) is 5.70. The maximum Gasteiger partial charge on any atom is 0.252 e. The summed E-state index contributed by atoms with van der Waals surface area (Å²) in [5, 5.41) is 5.31. The van der Waals surface area contributed by atoms with Crippen molar-refractivity contribution >= 4 is 33.2 Å². The number of halogens is 1. The van der Waals surface area contributed by atoms with Gasteiger partial charge >= 0.3 is 0 Å². The Balaban J connectivity index is 1.82. The fraction of sp³-hybridized carbons (Fsp3) is 0.312. The first kappa shape index (κ1) is 13.8. The van der Waals surface area contributed by atoms with Crippen molar-refractivity contribution in [3.8, 4) is 0 Å². The molecule has 0 saturated carbocycles. The molecule has 4 heteroatoms. The number of benzene rings is 1. The predicted molar refractivity (Wildman–Crippen MR) is 86.3 cm³/mol. The normalized spacial score (nSPS) is 17.6. The molecule has 0 spiro atoms. The molecule has 1 amide bonds. The molecule has 1 aliphatic carbocycles. The molecule has 0 fully saturated rings. The van der Waals surface area contributed by atoms with Gasteiger partial charge in [0.25, 0.3) is 5.91 Å². The molecule has 0 radical (unpaired) electrons. The molecule has 1 heterocycles. The first-order chi connectivity index (χ1) is 9.65. The molecule has 1 aliphatic rings. The predicted octanol–water partition coefficient (Wildman–Crippen LogP) is 4.63. The van der Waals surface area contributed by atoms with Crippen LogP contribution in [-0.4, -0.2) is 5.91 Å². The lowest BCUT2D eigenvalue weighted by molar-refractivity contribution is 0.0932. The van der Waals surface area contributed by atoms with E-state index in [0.717, 1.165) is 29.3 Å². The number of hydrogen-bond acceptors (Lipinski definition) is 2. The van der Waals surface area contributed by atoms with Gasteiger partial charge in [-0.15, -0.1) is 11.3 Å². The topological polar surface area (TPSA) is 29.1 Å². The van der Waals surface area contributed by atoms with E-state index in [1.165, 1.54) is 10.4 Å². The monoisotopic (exact) mass is 349 g/mol. The lowest BCUT2D eigenvalue weighted by Gasteiger charge is -2.24. The highest BCUT2D eigenvalue weighted by Gasteiger charge is 2.23. The number of fused-ring (bicyclic) bond motifs is 1. The Hall–Kier alpha value is -1.13. The van der Waals surface area contributed by atoms with Crippen molar-refractivity contribution in [3.05, 3.63) is 55.7 Å². The van der Waals surface area contributed by atoms with Gasteiger partial charge in [-0.3, -0.25) is 4.79 Å². The zero-order valence-electron chi connectivity index (χ0n) is 11.3. The Morgan fingerprint density at radius 2 is 2.25 bits per heavy atom. The summed E-state index contributed by atoms with van der Waals surface area (Å²) in [5.74, 6) is 0.00428. The first-order valence-corrected chi connectivity index (χ1v) is 8.45. The molecular weight excluding hydrogens is 334 g/mol. The number of aryl methyl sites for hydroxylation is 2. The zero-order valence-corrected chi connectivity index (χ0v) is 13.7. The standard InChI is InChI=1S/C16H16BrNOS/c1-10-5-6-13(17)12(9-10)16(19)18-14-3-2-4-15-11(14)7-8-20-15/h5-9,14H,2-4H2,1H3,(H,18,19). The van der Waals surface area contributed by atoms with Gasteiger partial charge in [-0.1, -0.05) is 11.6 Å². The van der Waals surface area contributed by atoms with E-state index >= 15 is 0 Å². The second-order valence-electron chi connectivity index (χ2n) is 5.20. The molecule has 2 aromatic rings. The van der Waals surface area contributed by atoms with Gasteiger partial charge in [0.05, 0.1) is 11.6 Å². The molecule has 1 atom stereocenters. The number of nitrogens with one attached hydrogen (secondary N) is 1. The minimum atomic E-state index is 0.00428. The molecule has 1 unspecified atom stereocenters. The fourth-order valence-electron chi connectivity index (χ4n) is 2.69. The van der Waals surface area contributed by atoms with Crippen LogP contribution in [0.1, 0.15) is 45.2 Å². The van der Waals surface area contributed by atoms with E-state index in [2.05, 4.69) is 32.7 Å². The second-order valence-corrected chi connectivity index (χ2v) is 7.06. The summed E-state index contributed by atoms with van der Waals surface area (Å²) in [5.41, 5.74) is 3.11. The van der Waals surface area contributed by atoms with Crippen molar-refractivity contribution in [1.29, 1.82) is 0 Å². The third-order valence-electron chi connectivity index (χ3n) is 3.72. The van der Waals surface area contributed by atoms with Gasteiger partial charge in [-0.25, -0.2) is 0 Å². The first-order valence-electron chi connectivity index (χ1n) is 6.78. The summed E-state index contributed by atoms with van der Waals surface area (Å²) in [7, 11) is 0. The van der Waals surface area contributed by atoms with E-state index in [9.17, 15) is 4.79 Å². The van der Waals surface area contributed by atoms with Crippen LogP contribution in [0.15, 0.2) is 34.1 Å². The summed E-state index contributed by atoms with van der Waals surface area (Å²) >= 11 is 5.26. The van der Waals surface area contributed by atoms with Crippen molar-refractivity contribution in [3.63, 3.8) is 0 Å². The maximum atomic E-state index is 12.5. The Kier molecular flexibility index (Phi) is 3.94. The van der Waals surface area contributed by atoms with Gasteiger partial charge in [-0.05, 0) is 71.3 Å². The minimum absolute atomic E-state index is 0.00428. The quantitative estimate of drug-likeness (QED) is 0.841. The van der Waals surface area contributed by atoms with Gasteiger partial charge in [-0.2, -0.15) is 0 Å². The molecule has 2 nitrogen and oxygen atoms in total. The average molecular weight is 350 g/mol. The summed E-state index contributed by atoms with van der Waals surface area (Å²) in [6.45, 7) is 2.00. The van der Waals surface area contributed by atoms with Crippen molar-refractivity contribution in [2.45, 2.75) is 32.2 Å². The number of rotatable bonds is 2. The third kappa shape index (κ3) is 2.67. The van der Waals surface area contributed by atoms with Crippen LogP contribution in [0.2, 0.25) is 0 Å². The molecule has 0 saturated heterocycles. The van der Waals surface area contributed by atoms with Crippen LogP contribution in [0.4, 0.5) is 0 Å². The van der Waals surface area contributed by atoms with Gasteiger partial charge < -0.3 is 5.32 Å². The van der Waals surface area contributed by atoms with Gasteiger partial charge in [0.1, 0.15) is 0 Å². The summed E-state index contributed by atoms with van der Waals surface area (Å²) in [4.78, 5) is 13.9. The van der Waals surface area contributed by atoms with E-state index in [0.29, 0.717) is 5.56 Å². The lowest BCUT2D eigenvalue weighted by Crippen LogP contribution is -2.30. The molecule has 104 valence electrons. The zero-order chi connectivity index (χ0) is 14.1. The van der Waals surface area contributed by atoms with Crippen LogP contribution < -0.4 is 5.32 Å². The number of carbonyl (C=O) groups excluding carboxylic acids is 1. The van der Waals surface area contributed by atoms with E-state index in [1.807, 2.05) is 25.1 Å². The average Bonchev–Trinajstić information content (AvgIpc) is 2.91. The van der Waals surface area contributed by atoms with E-state index in [4.69, 9.17) is 0 Å². The highest BCUT2D eigenvalue weighted by Crippen LogP contribution is 2.33. The highest BCUT2D eigenvalue weighted by atomic mass is 79.9. The Bertz CT molecular complexity index is 650. The van der Waals surface area contributed by atoms with E-state index < -0.39 is 0 Å². The molecule has 20 heavy (non-hydrogen) atoms. The van der Waals surface area contributed by atoms with Gasteiger partial charge in [0.15, 0.2) is 0 Å². The Morgan fingerprint density at radius 3 is 3.10 bits per heavy atom. The number of thiophene rings is 1. The Morgan fingerprint density at radius 1 is 1.40 bits per heavy atom. The van der Waals surface area contributed by atoms with Crippen molar-refractivity contribution < 1.29 is 4.79 Å². The van der Waals surface area contributed by atoms with Crippen LogP contribution in [0.25, 0.3) is 0 Å². The van der Waals surface area contributed by atoms with E-state index in [1.54, 1.807) is 11.3 Å². The van der Waals surface area contributed by atoms with Crippen LogP contribution in [0.5, 0.6) is 0 Å². The Labute approximate surface area is 131 Å². The van der Waals surface area contributed by atoms with Gasteiger partial charge in [0.2, 0.25) is 0 Å². The van der Waals surface area contributed by atoms with Crippen molar-refractivity contribution in [1.82, 2.24) is 5.32 Å². The van der Waals surface area contributed by atoms with Crippen LogP contribution in [0.3, 0.4) is 0 Å². The molecular formula is C16H16BrNOS. The number of carbonyl (C=O) groups is 1. The van der Waals surface area contributed by atoms with Crippen LogP contribution >= 0.6 is 27.3 Å².